The first-order valence-electron chi connectivity index (χ1n) is 8.39. The van der Waals surface area contributed by atoms with Crippen LogP contribution in [0.4, 0.5) is 0 Å². The summed E-state index contributed by atoms with van der Waals surface area (Å²) in [6, 6.07) is 12.5. The number of aryl methyl sites for hydroxylation is 2. The molecule has 130 valence electrons. The van der Waals surface area contributed by atoms with Crippen molar-refractivity contribution >= 4 is 31.9 Å². The largest absolute Gasteiger partial charge is 0.492 e. The first-order chi connectivity index (χ1) is 11.5. The highest BCUT2D eigenvalue weighted by molar-refractivity contribution is 9.10. The summed E-state index contributed by atoms with van der Waals surface area (Å²) in [5, 5.41) is 0. The fourth-order valence-corrected chi connectivity index (χ4v) is 3.41. The fourth-order valence-electron chi connectivity index (χ4n) is 2.35. The molecule has 0 heterocycles. The summed E-state index contributed by atoms with van der Waals surface area (Å²) in [6.07, 6.45) is 2.95. The lowest BCUT2D eigenvalue weighted by Crippen LogP contribution is -2.16. The van der Waals surface area contributed by atoms with Crippen molar-refractivity contribution in [1.82, 2.24) is 0 Å². The third-order valence-corrected chi connectivity index (χ3v) is 5.16. The van der Waals surface area contributed by atoms with Gasteiger partial charge in [-0.25, -0.2) is 0 Å². The molecule has 0 N–H and O–H groups in total. The maximum atomic E-state index is 6.01. The highest BCUT2D eigenvalue weighted by Gasteiger charge is 2.09. The summed E-state index contributed by atoms with van der Waals surface area (Å²) in [5.74, 6) is 1.76. The normalized spacial score (nSPS) is 12.0. The van der Waals surface area contributed by atoms with Gasteiger partial charge in [0.25, 0.3) is 0 Å². The highest BCUT2D eigenvalue weighted by Crippen LogP contribution is 2.28. The molecule has 0 fully saturated rings. The number of rotatable bonds is 8. The number of hydrogen-bond donors (Lipinski definition) is 0. The number of hydrogen-bond acceptors (Lipinski definition) is 2. The van der Waals surface area contributed by atoms with Gasteiger partial charge in [0, 0.05) is 6.42 Å². The Kier molecular flexibility index (Phi) is 7.63. The molecule has 0 radical (unpaired) electrons. The Hall–Kier alpha value is -1.000. The van der Waals surface area contributed by atoms with E-state index in [1.165, 1.54) is 11.1 Å². The van der Waals surface area contributed by atoms with Gasteiger partial charge in [-0.3, -0.25) is 0 Å². The third-order valence-electron chi connectivity index (χ3n) is 3.92. The number of benzene rings is 2. The molecule has 0 aliphatic rings. The van der Waals surface area contributed by atoms with E-state index in [-0.39, 0.29) is 6.10 Å². The Labute approximate surface area is 161 Å². The monoisotopic (exact) mass is 454 g/mol. The van der Waals surface area contributed by atoms with Gasteiger partial charge in [0.2, 0.25) is 0 Å². The van der Waals surface area contributed by atoms with Gasteiger partial charge in [-0.2, -0.15) is 0 Å². The third kappa shape index (κ3) is 5.52. The molecule has 0 amide bonds. The Morgan fingerprint density at radius 3 is 1.92 bits per heavy atom. The van der Waals surface area contributed by atoms with E-state index >= 15 is 0 Å². The lowest BCUT2D eigenvalue weighted by molar-refractivity contribution is 0.175. The van der Waals surface area contributed by atoms with E-state index in [1.54, 1.807) is 0 Å². The number of ether oxygens (including phenoxy) is 2. The Morgan fingerprint density at radius 1 is 0.875 bits per heavy atom. The molecule has 0 bridgehead atoms. The van der Waals surface area contributed by atoms with Crippen LogP contribution in [0, 0.1) is 0 Å². The highest BCUT2D eigenvalue weighted by atomic mass is 79.9. The second-order valence-electron chi connectivity index (χ2n) is 5.80. The van der Waals surface area contributed by atoms with Crippen molar-refractivity contribution in [2.24, 2.45) is 0 Å². The van der Waals surface area contributed by atoms with Crippen LogP contribution in [0.5, 0.6) is 11.5 Å². The molecule has 24 heavy (non-hydrogen) atoms. The average Bonchev–Trinajstić information content (AvgIpc) is 2.58. The summed E-state index contributed by atoms with van der Waals surface area (Å²) in [7, 11) is 0. The van der Waals surface area contributed by atoms with Crippen LogP contribution >= 0.6 is 31.9 Å². The topological polar surface area (TPSA) is 18.5 Å². The van der Waals surface area contributed by atoms with E-state index in [9.17, 15) is 0 Å². The molecule has 1 unspecified atom stereocenters. The molecule has 2 nitrogen and oxygen atoms in total. The van der Waals surface area contributed by atoms with Crippen molar-refractivity contribution in [3.63, 3.8) is 0 Å². The van der Waals surface area contributed by atoms with Crippen molar-refractivity contribution < 1.29 is 9.47 Å². The van der Waals surface area contributed by atoms with Crippen LogP contribution in [0.3, 0.4) is 0 Å². The summed E-state index contributed by atoms with van der Waals surface area (Å²) in [5.41, 5.74) is 2.59. The SMILES string of the molecule is CCc1ccc(OCCC(C)Oc2ccc(CC)cc2Br)c(Br)c1. The zero-order valence-corrected chi connectivity index (χ0v) is 17.6. The molecule has 0 saturated heterocycles. The molecule has 0 aliphatic carbocycles. The van der Waals surface area contributed by atoms with E-state index in [0.29, 0.717) is 6.61 Å². The second-order valence-corrected chi connectivity index (χ2v) is 7.51. The van der Waals surface area contributed by atoms with Gasteiger partial charge in [0.1, 0.15) is 11.5 Å². The number of halogens is 2. The Morgan fingerprint density at radius 2 is 1.42 bits per heavy atom. The van der Waals surface area contributed by atoms with Crippen molar-refractivity contribution in [2.75, 3.05) is 6.61 Å². The maximum Gasteiger partial charge on any atom is 0.133 e. The molecular formula is C20H24Br2O2. The predicted octanol–water partition coefficient (Wildman–Crippen LogP) is 6.57. The summed E-state index contributed by atoms with van der Waals surface area (Å²) in [4.78, 5) is 0. The van der Waals surface area contributed by atoms with E-state index in [2.05, 4.69) is 76.9 Å². The molecule has 4 heteroatoms. The Balaban J connectivity index is 1.84. The summed E-state index contributed by atoms with van der Waals surface area (Å²) < 4.78 is 13.9. The van der Waals surface area contributed by atoms with Gasteiger partial charge < -0.3 is 9.47 Å². The fraction of sp³-hybridized carbons (Fsp3) is 0.400. The zero-order chi connectivity index (χ0) is 17.5. The molecule has 2 aromatic rings. The molecule has 2 rings (SSSR count). The van der Waals surface area contributed by atoms with E-state index < -0.39 is 0 Å². The quantitative estimate of drug-likeness (QED) is 0.447. The van der Waals surface area contributed by atoms with Crippen molar-refractivity contribution in [3.05, 3.63) is 56.5 Å². The zero-order valence-electron chi connectivity index (χ0n) is 14.4. The minimum absolute atomic E-state index is 0.0856. The van der Waals surface area contributed by atoms with E-state index in [4.69, 9.17) is 9.47 Å². The lowest BCUT2D eigenvalue weighted by atomic mass is 10.2. The van der Waals surface area contributed by atoms with Crippen molar-refractivity contribution in [1.29, 1.82) is 0 Å². The van der Waals surface area contributed by atoms with Crippen molar-refractivity contribution in [3.8, 4) is 11.5 Å². The van der Waals surface area contributed by atoms with Crippen LogP contribution in [-0.4, -0.2) is 12.7 Å². The van der Waals surface area contributed by atoms with Crippen LogP contribution in [-0.2, 0) is 12.8 Å². The molecule has 0 aromatic heterocycles. The predicted molar refractivity (Wildman–Crippen MR) is 107 cm³/mol. The standard InChI is InChI=1S/C20H24Br2O2/c1-4-15-6-8-19(17(21)12-15)23-11-10-14(3)24-20-9-7-16(5-2)13-18(20)22/h6-9,12-14H,4-5,10-11H2,1-3H3. The summed E-state index contributed by atoms with van der Waals surface area (Å²) >= 11 is 7.15. The molecule has 0 spiro atoms. The summed E-state index contributed by atoms with van der Waals surface area (Å²) in [6.45, 7) is 6.98. The average molecular weight is 456 g/mol. The van der Waals surface area contributed by atoms with Gasteiger partial charge in [0.05, 0.1) is 21.7 Å². The molecular weight excluding hydrogens is 432 g/mol. The van der Waals surface area contributed by atoms with E-state index in [0.717, 1.165) is 39.7 Å². The van der Waals surface area contributed by atoms with Gasteiger partial charge in [0.15, 0.2) is 0 Å². The maximum absolute atomic E-state index is 6.01. The van der Waals surface area contributed by atoms with Crippen molar-refractivity contribution in [2.45, 2.75) is 46.1 Å². The van der Waals surface area contributed by atoms with Crippen LogP contribution in [0.15, 0.2) is 45.3 Å². The molecule has 0 saturated carbocycles. The molecule has 0 aliphatic heterocycles. The van der Waals surface area contributed by atoms with Gasteiger partial charge in [-0.1, -0.05) is 26.0 Å². The minimum atomic E-state index is 0.0856. The molecule has 2 aromatic carbocycles. The van der Waals surface area contributed by atoms with Gasteiger partial charge in [-0.05, 0) is 87.0 Å². The Bertz CT molecular complexity index is 671. The first-order valence-corrected chi connectivity index (χ1v) is 9.98. The van der Waals surface area contributed by atoms with E-state index in [1.807, 2.05) is 12.1 Å². The van der Waals surface area contributed by atoms with Crippen LogP contribution < -0.4 is 9.47 Å². The van der Waals surface area contributed by atoms with Crippen LogP contribution in [0.2, 0.25) is 0 Å². The van der Waals surface area contributed by atoms with Gasteiger partial charge >= 0.3 is 0 Å². The minimum Gasteiger partial charge on any atom is -0.492 e. The van der Waals surface area contributed by atoms with Gasteiger partial charge in [-0.15, -0.1) is 0 Å². The lowest BCUT2D eigenvalue weighted by Gasteiger charge is -2.17. The van der Waals surface area contributed by atoms with Crippen LogP contribution in [0.1, 0.15) is 38.3 Å². The first kappa shape index (κ1) is 19.3. The van der Waals surface area contributed by atoms with Crippen LogP contribution in [0.25, 0.3) is 0 Å². The smallest absolute Gasteiger partial charge is 0.133 e. The second kappa shape index (κ2) is 9.47. The molecule has 1 atom stereocenters.